The normalized spacial score (nSPS) is 10.8. The predicted octanol–water partition coefficient (Wildman–Crippen LogP) is 2.44. The van der Waals surface area contributed by atoms with E-state index in [2.05, 4.69) is 33.6 Å². The number of carbonyl (C=O) groups excluding carboxylic acids is 1. The van der Waals surface area contributed by atoms with E-state index in [-0.39, 0.29) is 5.91 Å². The Labute approximate surface area is 143 Å². The van der Waals surface area contributed by atoms with Crippen LogP contribution in [0.2, 0.25) is 0 Å². The molecule has 0 aliphatic rings. The maximum atomic E-state index is 12.3. The van der Waals surface area contributed by atoms with Crippen molar-refractivity contribution >= 4 is 17.5 Å². The van der Waals surface area contributed by atoms with Crippen LogP contribution in [0.25, 0.3) is 0 Å². The molecule has 1 amide bonds. The van der Waals surface area contributed by atoms with E-state index in [0.29, 0.717) is 18.2 Å². The van der Waals surface area contributed by atoms with E-state index in [9.17, 15) is 4.79 Å². The fraction of sp³-hybridized carbons (Fsp3) is 0.389. The van der Waals surface area contributed by atoms with Crippen LogP contribution in [0.1, 0.15) is 27.3 Å². The lowest BCUT2D eigenvalue weighted by Crippen LogP contribution is -2.32. The number of nitrogens with zero attached hydrogens (tertiary/aromatic N) is 3. The summed E-state index contributed by atoms with van der Waals surface area (Å²) in [6.45, 7) is 7.31. The van der Waals surface area contributed by atoms with Crippen LogP contribution in [0.3, 0.4) is 0 Å². The fourth-order valence-corrected chi connectivity index (χ4v) is 2.23. The Morgan fingerprint density at radius 1 is 1.17 bits per heavy atom. The molecular formula is C18H25N5O. The van der Waals surface area contributed by atoms with E-state index in [1.807, 2.05) is 45.0 Å². The fourth-order valence-electron chi connectivity index (χ4n) is 2.23. The Kier molecular flexibility index (Phi) is 5.87. The van der Waals surface area contributed by atoms with Crippen molar-refractivity contribution in [1.82, 2.24) is 20.2 Å². The third-order valence-corrected chi connectivity index (χ3v) is 3.78. The van der Waals surface area contributed by atoms with Crippen molar-refractivity contribution in [3.8, 4) is 0 Å². The van der Waals surface area contributed by atoms with Crippen molar-refractivity contribution < 1.29 is 4.79 Å². The first kappa shape index (κ1) is 17.9. The molecule has 128 valence electrons. The van der Waals surface area contributed by atoms with Gasteiger partial charge in [0, 0.05) is 24.5 Å². The van der Waals surface area contributed by atoms with Crippen LogP contribution < -0.4 is 10.6 Å². The number of likely N-dealkylation sites (N-methyl/N-ethyl adjacent to an activating group) is 1. The molecule has 0 radical (unpaired) electrons. The van der Waals surface area contributed by atoms with E-state index >= 15 is 0 Å². The van der Waals surface area contributed by atoms with Gasteiger partial charge in [-0.05, 0) is 58.1 Å². The summed E-state index contributed by atoms with van der Waals surface area (Å²) in [5.41, 5.74) is 4.39. The highest BCUT2D eigenvalue weighted by molar-refractivity contribution is 5.92. The van der Waals surface area contributed by atoms with Gasteiger partial charge in [0.05, 0.1) is 0 Å². The summed E-state index contributed by atoms with van der Waals surface area (Å²) in [5, 5.41) is 6.08. The number of carbonyl (C=O) groups is 1. The molecule has 2 aromatic rings. The number of hydrogen-bond acceptors (Lipinski definition) is 5. The van der Waals surface area contributed by atoms with Crippen molar-refractivity contribution in [3.63, 3.8) is 0 Å². The molecule has 0 fully saturated rings. The second kappa shape index (κ2) is 7.88. The lowest BCUT2D eigenvalue weighted by atomic mass is 10.1. The first-order valence-corrected chi connectivity index (χ1v) is 7.98. The Morgan fingerprint density at radius 3 is 2.62 bits per heavy atom. The second-order valence-corrected chi connectivity index (χ2v) is 6.15. The van der Waals surface area contributed by atoms with Gasteiger partial charge in [0.2, 0.25) is 5.95 Å². The summed E-state index contributed by atoms with van der Waals surface area (Å²) in [7, 11) is 3.93. The minimum absolute atomic E-state index is 0.189. The minimum atomic E-state index is -0.189. The summed E-state index contributed by atoms with van der Waals surface area (Å²) >= 11 is 0. The molecule has 0 spiro atoms. The summed E-state index contributed by atoms with van der Waals surface area (Å²) in [6, 6.07) is 7.71. The van der Waals surface area contributed by atoms with Crippen molar-refractivity contribution in [3.05, 3.63) is 46.8 Å². The standard InChI is InChI=1S/C18H25N5O/c1-12-7-6-8-15(14(12)3)21-18-20-13(2)11-16(22-18)17(24)19-9-10-23(4)5/h6-8,11H,9-10H2,1-5H3,(H,19,24)(H,20,21,22). The van der Waals surface area contributed by atoms with Crippen LogP contribution in [0.15, 0.2) is 24.3 Å². The summed E-state index contributed by atoms with van der Waals surface area (Å²) in [5.74, 6) is 0.243. The van der Waals surface area contributed by atoms with Gasteiger partial charge in [0.1, 0.15) is 5.69 Å². The smallest absolute Gasteiger partial charge is 0.270 e. The van der Waals surface area contributed by atoms with Crippen molar-refractivity contribution in [2.24, 2.45) is 0 Å². The highest BCUT2D eigenvalue weighted by Crippen LogP contribution is 2.21. The molecule has 1 aromatic carbocycles. The molecule has 1 heterocycles. The highest BCUT2D eigenvalue weighted by atomic mass is 16.1. The summed E-state index contributed by atoms with van der Waals surface area (Å²) in [6.07, 6.45) is 0. The zero-order valence-corrected chi connectivity index (χ0v) is 15.0. The minimum Gasteiger partial charge on any atom is -0.349 e. The van der Waals surface area contributed by atoms with Crippen molar-refractivity contribution in [2.75, 3.05) is 32.5 Å². The second-order valence-electron chi connectivity index (χ2n) is 6.15. The third kappa shape index (κ3) is 4.76. The molecule has 6 nitrogen and oxygen atoms in total. The van der Waals surface area contributed by atoms with E-state index in [1.54, 1.807) is 6.07 Å². The number of hydrogen-bond donors (Lipinski definition) is 2. The average molecular weight is 327 g/mol. The molecule has 0 unspecified atom stereocenters. The van der Waals surface area contributed by atoms with Crippen LogP contribution in [-0.4, -0.2) is 48.0 Å². The Hall–Kier alpha value is -2.47. The van der Waals surface area contributed by atoms with Gasteiger partial charge in [0.15, 0.2) is 0 Å². The molecule has 0 saturated heterocycles. The Balaban J connectivity index is 2.16. The largest absolute Gasteiger partial charge is 0.349 e. The molecule has 0 aliphatic heterocycles. The number of aryl methyl sites for hydroxylation is 2. The quantitative estimate of drug-likeness (QED) is 0.853. The van der Waals surface area contributed by atoms with Gasteiger partial charge in [-0.2, -0.15) is 0 Å². The van der Waals surface area contributed by atoms with E-state index in [1.165, 1.54) is 5.56 Å². The van der Waals surface area contributed by atoms with Gasteiger partial charge < -0.3 is 15.5 Å². The maximum absolute atomic E-state index is 12.3. The van der Waals surface area contributed by atoms with Gasteiger partial charge in [-0.15, -0.1) is 0 Å². The van der Waals surface area contributed by atoms with Crippen LogP contribution in [0.5, 0.6) is 0 Å². The van der Waals surface area contributed by atoms with Crippen LogP contribution >= 0.6 is 0 Å². The summed E-state index contributed by atoms with van der Waals surface area (Å²) in [4.78, 5) is 23.0. The molecule has 24 heavy (non-hydrogen) atoms. The predicted molar refractivity (Wildman–Crippen MR) is 96.9 cm³/mol. The van der Waals surface area contributed by atoms with Gasteiger partial charge in [-0.3, -0.25) is 4.79 Å². The average Bonchev–Trinajstić information content (AvgIpc) is 2.51. The van der Waals surface area contributed by atoms with E-state index in [0.717, 1.165) is 23.5 Å². The SMILES string of the molecule is Cc1cc(C(=O)NCCN(C)C)nc(Nc2cccc(C)c2C)n1. The van der Waals surface area contributed by atoms with Gasteiger partial charge in [-0.25, -0.2) is 9.97 Å². The number of amides is 1. The van der Waals surface area contributed by atoms with Crippen molar-refractivity contribution in [2.45, 2.75) is 20.8 Å². The number of anilines is 2. The molecule has 0 bridgehead atoms. The first-order valence-electron chi connectivity index (χ1n) is 7.98. The third-order valence-electron chi connectivity index (χ3n) is 3.78. The molecule has 0 aliphatic carbocycles. The molecule has 2 N–H and O–H groups in total. The highest BCUT2D eigenvalue weighted by Gasteiger charge is 2.11. The van der Waals surface area contributed by atoms with Crippen molar-refractivity contribution in [1.29, 1.82) is 0 Å². The van der Waals surface area contributed by atoms with Gasteiger partial charge >= 0.3 is 0 Å². The van der Waals surface area contributed by atoms with E-state index in [4.69, 9.17) is 0 Å². The molecule has 6 heteroatoms. The van der Waals surface area contributed by atoms with Gasteiger partial charge in [0.25, 0.3) is 5.91 Å². The molecule has 2 rings (SSSR count). The molecule has 1 aromatic heterocycles. The van der Waals surface area contributed by atoms with Gasteiger partial charge in [-0.1, -0.05) is 12.1 Å². The maximum Gasteiger partial charge on any atom is 0.270 e. The monoisotopic (exact) mass is 327 g/mol. The number of benzene rings is 1. The summed E-state index contributed by atoms with van der Waals surface area (Å²) < 4.78 is 0. The van der Waals surface area contributed by atoms with Crippen LogP contribution in [0, 0.1) is 20.8 Å². The zero-order chi connectivity index (χ0) is 17.7. The van der Waals surface area contributed by atoms with Crippen LogP contribution in [-0.2, 0) is 0 Å². The topological polar surface area (TPSA) is 70.2 Å². The first-order chi connectivity index (χ1) is 11.4. The zero-order valence-electron chi connectivity index (χ0n) is 15.0. The van der Waals surface area contributed by atoms with Crippen LogP contribution in [0.4, 0.5) is 11.6 Å². The molecule has 0 saturated carbocycles. The number of aromatic nitrogens is 2. The molecular weight excluding hydrogens is 302 g/mol. The van der Waals surface area contributed by atoms with E-state index < -0.39 is 0 Å². The molecule has 0 atom stereocenters. The number of rotatable bonds is 6. The Bertz CT molecular complexity index is 727. The Morgan fingerprint density at radius 2 is 1.92 bits per heavy atom. The lowest BCUT2D eigenvalue weighted by molar-refractivity contribution is 0.0946. The number of nitrogens with one attached hydrogen (secondary N) is 2. The lowest BCUT2D eigenvalue weighted by Gasteiger charge is -2.12.